The number of benzene rings is 1. The van der Waals surface area contributed by atoms with E-state index in [2.05, 4.69) is 5.32 Å². The Morgan fingerprint density at radius 1 is 1.26 bits per heavy atom. The maximum absolute atomic E-state index is 13.4. The van der Waals surface area contributed by atoms with Crippen molar-refractivity contribution in [3.63, 3.8) is 0 Å². The van der Waals surface area contributed by atoms with Gasteiger partial charge >= 0.3 is 0 Å². The molecule has 0 amide bonds. The fourth-order valence-electron chi connectivity index (χ4n) is 2.34. The van der Waals surface area contributed by atoms with Crippen LogP contribution in [0.25, 0.3) is 0 Å². The van der Waals surface area contributed by atoms with Crippen molar-refractivity contribution in [2.45, 2.75) is 38.1 Å². The zero-order valence-electron chi connectivity index (χ0n) is 10.5. The third-order valence-electron chi connectivity index (χ3n) is 3.40. The van der Waals surface area contributed by atoms with Crippen LogP contribution in [0, 0.1) is 5.82 Å². The highest BCUT2D eigenvalue weighted by molar-refractivity contribution is 6.36. The second-order valence-electron chi connectivity index (χ2n) is 4.87. The van der Waals surface area contributed by atoms with E-state index >= 15 is 0 Å². The van der Waals surface area contributed by atoms with Crippen LogP contribution in [0.3, 0.4) is 0 Å². The summed E-state index contributed by atoms with van der Waals surface area (Å²) < 4.78 is 13.4. The molecule has 19 heavy (non-hydrogen) atoms. The van der Waals surface area contributed by atoms with E-state index in [0.717, 1.165) is 31.9 Å². The molecule has 5 heteroatoms. The third-order valence-corrected chi connectivity index (χ3v) is 4.01. The summed E-state index contributed by atoms with van der Waals surface area (Å²) in [5, 5.41) is 3.50. The lowest BCUT2D eigenvalue weighted by molar-refractivity contribution is 0.0968. The maximum Gasteiger partial charge on any atom is 0.166 e. The third kappa shape index (κ3) is 3.91. The Morgan fingerprint density at radius 2 is 2.05 bits per heavy atom. The first-order valence-corrected chi connectivity index (χ1v) is 7.24. The summed E-state index contributed by atoms with van der Waals surface area (Å²) in [5.74, 6) is -0.747. The van der Waals surface area contributed by atoms with Gasteiger partial charge in [0.2, 0.25) is 0 Å². The van der Waals surface area contributed by atoms with E-state index < -0.39 is 5.82 Å². The molecule has 1 aromatic carbocycles. The van der Waals surface area contributed by atoms with Gasteiger partial charge in [-0.25, -0.2) is 4.39 Å². The smallest absolute Gasteiger partial charge is 0.166 e. The molecule has 1 fully saturated rings. The topological polar surface area (TPSA) is 29.1 Å². The monoisotopic (exact) mass is 303 g/mol. The SMILES string of the molecule is O=C(CC1CCCCCN1)c1cc(F)c(Cl)cc1Cl. The minimum absolute atomic E-state index is 0.0610. The Hall–Kier alpha value is -0.640. The van der Waals surface area contributed by atoms with Gasteiger partial charge in [0, 0.05) is 18.0 Å². The van der Waals surface area contributed by atoms with Gasteiger partial charge in [-0.15, -0.1) is 0 Å². The average molecular weight is 304 g/mol. The van der Waals surface area contributed by atoms with E-state index in [-0.39, 0.29) is 27.4 Å². The van der Waals surface area contributed by atoms with E-state index in [1.165, 1.54) is 12.5 Å². The molecule has 0 saturated carbocycles. The number of carbonyl (C=O) groups is 1. The highest BCUT2D eigenvalue weighted by Gasteiger charge is 2.19. The van der Waals surface area contributed by atoms with Crippen molar-refractivity contribution >= 4 is 29.0 Å². The summed E-state index contributed by atoms with van der Waals surface area (Å²) in [6.07, 6.45) is 4.77. The van der Waals surface area contributed by atoms with Crippen LogP contribution in [0.5, 0.6) is 0 Å². The molecular weight excluding hydrogens is 288 g/mol. The first-order chi connectivity index (χ1) is 9.08. The molecule has 1 heterocycles. The van der Waals surface area contributed by atoms with Crippen LogP contribution >= 0.6 is 23.2 Å². The van der Waals surface area contributed by atoms with Gasteiger partial charge in [-0.2, -0.15) is 0 Å². The van der Waals surface area contributed by atoms with Crippen molar-refractivity contribution in [3.8, 4) is 0 Å². The summed E-state index contributed by atoms with van der Waals surface area (Å²) in [6.45, 7) is 0.931. The van der Waals surface area contributed by atoms with Crippen LogP contribution < -0.4 is 5.32 Å². The molecule has 2 nitrogen and oxygen atoms in total. The van der Waals surface area contributed by atoms with E-state index in [1.54, 1.807) is 0 Å². The van der Waals surface area contributed by atoms with Crippen molar-refractivity contribution in [2.75, 3.05) is 6.54 Å². The van der Waals surface area contributed by atoms with Crippen LogP contribution in [0.4, 0.5) is 4.39 Å². The van der Waals surface area contributed by atoms with Gasteiger partial charge in [0.15, 0.2) is 5.78 Å². The maximum atomic E-state index is 13.4. The molecule has 1 aromatic rings. The number of ketones is 1. The Bertz CT molecular complexity index is 471. The molecule has 1 N–H and O–H groups in total. The highest BCUT2D eigenvalue weighted by atomic mass is 35.5. The van der Waals surface area contributed by atoms with Crippen LogP contribution in [0.15, 0.2) is 12.1 Å². The van der Waals surface area contributed by atoms with Gasteiger partial charge in [0.25, 0.3) is 0 Å². The number of halogens is 3. The van der Waals surface area contributed by atoms with Gasteiger partial charge in [0.1, 0.15) is 5.82 Å². The highest BCUT2D eigenvalue weighted by Crippen LogP contribution is 2.26. The Labute approximate surface area is 122 Å². The Kier molecular flexibility index (Phi) is 5.20. The van der Waals surface area contributed by atoms with Gasteiger partial charge in [-0.3, -0.25) is 4.79 Å². The quantitative estimate of drug-likeness (QED) is 0.668. The van der Waals surface area contributed by atoms with Gasteiger partial charge in [0.05, 0.1) is 10.0 Å². The van der Waals surface area contributed by atoms with E-state index in [1.807, 2.05) is 0 Å². The standard InChI is InChI=1S/C14H16Cl2FNO/c15-11-8-12(16)13(17)7-10(11)14(19)6-9-4-2-1-3-5-18-9/h7-9,18H,1-6H2. The molecule has 0 bridgehead atoms. The molecule has 1 atom stereocenters. The molecule has 1 unspecified atom stereocenters. The molecule has 1 aliphatic heterocycles. The Morgan fingerprint density at radius 3 is 2.84 bits per heavy atom. The summed E-state index contributed by atoms with van der Waals surface area (Å²) in [6, 6.07) is 2.57. The molecule has 0 aliphatic carbocycles. The second-order valence-corrected chi connectivity index (χ2v) is 5.69. The van der Waals surface area contributed by atoms with Gasteiger partial charge in [-0.05, 0) is 31.5 Å². The largest absolute Gasteiger partial charge is 0.314 e. The average Bonchev–Trinajstić information content (AvgIpc) is 2.62. The summed E-state index contributed by atoms with van der Waals surface area (Å²) in [5.41, 5.74) is 0.217. The predicted octanol–water partition coefficient (Wildman–Crippen LogP) is 4.24. The van der Waals surface area contributed by atoms with E-state index in [9.17, 15) is 9.18 Å². The lowest BCUT2D eigenvalue weighted by Crippen LogP contribution is -2.30. The number of hydrogen-bond donors (Lipinski definition) is 1. The fraction of sp³-hybridized carbons (Fsp3) is 0.500. The molecule has 1 saturated heterocycles. The van der Waals surface area contributed by atoms with Crippen molar-refractivity contribution in [2.24, 2.45) is 0 Å². The lowest BCUT2D eigenvalue weighted by Gasteiger charge is -2.15. The first-order valence-electron chi connectivity index (χ1n) is 6.49. The molecular formula is C14H16Cl2FNO. The number of carbonyl (C=O) groups excluding carboxylic acids is 1. The lowest BCUT2D eigenvalue weighted by atomic mass is 10.0. The van der Waals surface area contributed by atoms with Crippen LogP contribution in [-0.4, -0.2) is 18.4 Å². The molecule has 0 radical (unpaired) electrons. The van der Waals surface area contributed by atoms with Crippen LogP contribution in [0.2, 0.25) is 10.0 Å². The van der Waals surface area contributed by atoms with Crippen LogP contribution in [-0.2, 0) is 0 Å². The van der Waals surface area contributed by atoms with Crippen molar-refractivity contribution in [1.29, 1.82) is 0 Å². The molecule has 0 aromatic heterocycles. The number of rotatable bonds is 3. The minimum atomic E-state index is -0.608. The van der Waals surface area contributed by atoms with E-state index in [4.69, 9.17) is 23.2 Å². The number of hydrogen-bond acceptors (Lipinski definition) is 2. The zero-order valence-corrected chi connectivity index (χ0v) is 12.0. The summed E-state index contributed by atoms with van der Waals surface area (Å²) in [7, 11) is 0. The normalized spacial score (nSPS) is 20.1. The predicted molar refractivity (Wildman–Crippen MR) is 75.6 cm³/mol. The van der Waals surface area contributed by atoms with Crippen molar-refractivity contribution in [1.82, 2.24) is 5.32 Å². The fourth-order valence-corrected chi connectivity index (χ4v) is 2.83. The van der Waals surface area contributed by atoms with Crippen LogP contribution in [0.1, 0.15) is 42.5 Å². The number of Topliss-reactive ketones (excluding diaryl/α,β-unsaturated/α-hetero) is 1. The Balaban J connectivity index is 2.08. The van der Waals surface area contributed by atoms with Gasteiger partial charge in [-0.1, -0.05) is 36.0 Å². The summed E-state index contributed by atoms with van der Waals surface area (Å²) in [4.78, 5) is 12.2. The van der Waals surface area contributed by atoms with Crippen molar-refractivity contribution in [3.05, 3.63) is 33.6 Å². The second kappa shape index (κ2) is 6.69. The summed E-state index contributed by atoms with van der Waals surface area (Å²) >= 11 is 11.6. The zero-order chi connectivity index (χ0) is 13.8. The minimum Gasteiger partial charge on any atom is -0.314 e. The number of nitrogens with one attached hydrogen (secondary N) is 1. The van der Waals surface area contributed by atoms with Gasteiger partial charge < -0.3 is 5.32 Å². The molecule has 1 aliphatic rings. The van der Waals surface area contributed by atoms with Crippen molar-refractivity contribution < 1.29 is 9.18 Å². The molecule has 0 spiro atoms. The molecule has 2 rings (SSSR count). The van der Waals surface area contributed by atoms with E-state index in [0.29, 0.717) is 6.42 Å². The molecule has 104 valence electrons. The first kappa shape index (κ1) is 14.8.